The second kappa shape index (κ2) is 43.8. The minimum atomic E-state index is -1.92. The van der Waals surface area contributed by atoms with E-state index in [1.54, 1.807) is 0 Å². The summed E-state index contributed by atoms with van der Waals surface area (Å²) in [6, 6.07) is 0. The van der Waals surface area contributed by atoms with Gasteiger partial charge >= 0.3 is 143 Å². The summed E-state index contributed by atoms with van der Waals surface area (Å²) in [5, 5.41) is 55.8. The lowest BCUT2D eigenvalue weighted by Crippen LogP contribution is -2.54. The summed E-state index contributed by atoms with van der Waals surface area (Å²) in [6.07, 6.45) is -2.47. The Balaban J connectivity index is 0.000000212. The van der Waals surface area contributed by atoms with E-state index >= 15 is 0 Å². The minimum absolute atomic E-state index is 0.0223. The first-order chi connectivity index (χ1) is 60.5. The average molecular weight is 1830 g/mol. The number of carboxylic acids is 6. The summed E-state index contributed by atoms with van der Waals surface area (Å²) in [6.45, 7) is 19.7. The zero-order valence-electron chi connectivity index (χ0n) is 69.1. The van der Waals surface area contributed by atoms with E-state index in [1.807, 2.05) is 0 Å². The maximum absolute atomic E-state index is 11.8. The largest absolute Gasteiger partial charge is 0.481 e. The Labute approximate surface area is 727 Å². The Bertz CT molecular complexity index is 4540. The topological polar surface area (TPSA) is 697 Å². The van der Waals surface area contributed by atoms with E-state index < -0.39 is 290 Å². The van der Waals surface area contributed by atoms with Crippen LogP contribution in [-0.2, 0) is 200 Å². The van der Waals surface area contributed by atoms with Crippen LogP contribution >= 0.6 is 0 Å². The third-order valence-electron chi connectivity index (χ3n) is 22.0. The molecule has 0 spiro atoms. The van der Waals surface area contributed by atoms with Crippen LogP contribution in [0.15, 0.2) is 74.4 Å². The van der Waals surface area contributed by atoms with Crippen molar-refractivity contribution in [1.82, 2.24) is 0 Å². The Morgan fingerprint density at radius 1 is 0.349 bits per heavy atom. The van der Waals surface area contributed by atoms with Crippen LogP contribution in [-0.4, -0.2) is 285 Å². The van der Waals surface area contributed by atoms with Gasteiger partial charge in [0.25, 0.3) is 0 Å². The quantitative estimate of drug-likeness (QED) is 0.0306. The van der Waals surface area contributed by atoms with Crippen molar-refractivity contribution in [1.29, 1.82) is 0 Å². The fourth-order valence-electron chi connectivity index (χ4n) is 15.4. The summed E-state index contributed by atoms with van der Waals surface area (Å²) in [5.41, 5.74) is -7.16. The molecule has 6 saturated heterocycles. The molecule has 129 heavy (non-hydrogen) atoms. The van der Waals surface area contributed by atoms with E-state index in [4.69, 9.17) is 56.8 Å². The molecule has 6 saturated carbocycles. The van der Waals surface area contributed by atoms with Crippen molar-refractivity contribution in [2.75, 3.05) is 39.6 Å². The molecular formula is C81H90O48. The van der Waals surface area contributed by atoms with Crippen molar-refractivity contribution in [3.05, 3.63) is 74.4 Å². The van der Waals surface area contributed by atoms with Gasteiger partial charge in [0.15, 0.2) is 76.3 Å². The number of esters is 18. The van der Waals surface area contributed by atoms with Gasteiger partial charge in [-0.25, -0.2) is 76.7 Å². The summed E-state index contributed by atoms with van der Waals surface area (Å²) in [4.78, 5) is 274. The SMILES string of the molecule is C=C(C)C(=O)OCC(=O)OC1(C(=O)O)CCC2CC1OC2=O.C=C(C)C(=O)OCC(=O)OC1C2CC(CC1C(=O)O)C(=O)O2.C=C(C)C(=O)OCC(=O)OC1CCC2CC1(C(=O)O)OC2=O.C=CC(=O)OCC(=O)OC1(C(=O)O)CCC2CC1OC2=O.C=CC(=O)OCC(=O)OC1C2CC(CC1C(=O)O)C(=O)O2.C=CC(=O)OCC(=O)OC1CCC2CC1(C(=O)O)OC2=O. The van der Waals surface area contributed by atoms with Crippen LogP contribution in [0.4, 0.5) is 0 Å². The molecule has 0 amide bonds. The van der Waals surface area contributed by atoms with E-state index in [0.717, 1.165) is 18.2 Å². The Morgan fingerprint density at radius 2 is 0.643 bits per heavy atom. The van der Waals surface area contributed by atoms with Crippen molar-refractivity contribution < 1.29 is 231 Å². The zero-order valence-corrected chi connectivity index (χ0v) is 69.1. The molecule has 702 valence electrons. The van der Waals surface area contributed by atoms with Gasteiger partial charge in [-0.15, -0.1) is 0 Å². The number of rotatable bonds is 30. The summed E-state index contributed by atoms with van der Waals surface area (Å²) in [7, 11) is 0. The highest BCUT2D eigenvalue weighted by atomic mass is 16.7. The second-order valence-electron chi connectivity index (χ2n) is 30.9. The van der Waals surface area contributed by atoms with Gasteiger partial charge in [-0.1, -0.05) is 39.5 Å². The molecule has 12 aliphatic rings. The third kappa shape index (κ3) is 25.1. The van der Waals surface area contributed by atoms with E-state index in [1.165, 1.54) is 20.8 Å². The summed E-state index contributed by atoms with van der Waals surface area (Å²) >= 11 is 0. The maximum Gasteiger partial charge on any atom is 0.352 e. The molecule has 0 radical (unpaired) electrons. The number of hydrogen-bond donors (Lipinski definition) is 6. The van der Waals surface area contributed by atoms with Gasteiger partial charge in [0, 0.05) is 86.3 Å². The lowest BCUT2D eigenvalue weighted by atomic mass is 9.78. The second-order valence-corrected chi connectivity index (χ2v) is 30.9. The molecule has 20 unspecified atom stereocenters. The molecule has 0 aromatic heterocycles. The molecule has 20 atom stereocenters. The molecule has 0 aromatic carbocycles. The molecule has 12 bridgehead atoms. The van der Waals surface area contributed by atoms with Gasteiger partial charge in [0.2, 0.25) is 22.4 Å². The van der Waals surface area contributed by atoms with E-state index in [2.05, 4.69) is 67.9 Å². The highest BCUT2D eigenvalue weighted by molar-refractivity contribution is 5.94. The predicted octanol–water partition coefficient (Wildman–Crippen LogP) is -0.272. The van der Waals surface area contributed by atoms with Crippen LogP contribution < -0.4 is 0 Å². The highest BCUT2D eigenvalue weighted by Gasteiger charge is 2.66. The molecule has 48 nitrogen and oxygen atoms in total. The summed E-state index contributed by atoms with van der Waals surface area (Å²) in [5.74, 6) is -25.8. The van der Waals surface area contributed by atoms with Crippen molar-refractivity contribution >= 4 is 143 Å². The number of hydrogen-bond acceptors (Lipinski definition) is 42. The fraction of sp³-hybridized carbons (Fsp3) is 0.556. The summed E-state index contributed by atoms with van der Waals surface area (Å²) < 4.78 is 87.6. The van der Waals surface area contributed by atoms with Crippen molar-refractivity contribution in [3.8, 4) is 0 Å². The number of fused-ring (bicyclic) bond motifs is 12. The van der Waals surface area contributed by atoms with Crippen LogP contribution in [0.5, 0.6) is 0 Å². The smallest absolute Gasteiger partial charge is 0.352 e. The maximum atomic E-state index is 11.8. The van der Waals surface area contributed by atoms with Crippen molar-refractivity contribution in [2.24, 2.45) is 47.3 Å². The van der Waals surface area contributed by atoms with Crippen molar-refractivity contribution in [3.63, 3.8) is 0 Å². The standard InChI is InChI=1S/3C14H16O8.3C13H14O8/c1-6(2)13(18)20-5-10(15)22-11-8(12(16)17)3-7-4-9(11)21-14(7)19;1-7(2)11(16)20-6-10(15)22-14(13(18)19)4-3-8-5-9(14)21-12(8)17;1-7(2)11(16)20-6-10(15)21-9-4-3-8-5-14(9,13(18)19)22-12(8)17;1-2-9(14)19-5-10(15)21-11-7(12(16)17)3-6-4-8(11)20-13(6)18;1-2-9(14)19-6-10(15)21-13(12(17)18)4-3-7-5-8(13)20-11(7)16;1-2-9(14)19-6-10(15)20-8-4-3-7-5-13(8,12(17)18)21-11(7)16/h7-9,11H,1,3-5H2,2H3,(H,16,17);2*8-9H,1,3-6H2,2H3,(H,18,19);2,6-8,11H,1,3-5H2,(H,16,17);2*2,7-8H,1,3-6H2,(H,17,18). The zero-order chi connectivity index (χ0) is 96.2. The van der Waals surface area contributed by atoms with Gasteiger partial charge in [-0.3, -0.25) is 38.4 Å². The number of carbonyl (C=O) groups is 24. The van der Waals surface area contributed by atoms with Crippen LogP contribution in [0.2, 0.25) is 0 Å². The lowest BCUT2D eigenvalue weighted by molar-refractivity contribution is -0.199. The van der Waals surface area contributed by atoms with Gasteiger partial charge in [-0.05, 0) is 72.1 Å². The molecule has 0 aromatic rings. The molecular weight excluding hydrogens is 1740 g/mol. The fourth-order valence-corrected chi connectivity index (χ4v) is 15.4. The van der Waals surface area contributed by atoms with Crippen LogP contribution in [0, 0.1) is 47.3 Å². The third-order valence-corrected chi connectivity index (χ3v) is 22.0. The van der Waals surface area contributed by atoms with E-state index in [-0.39, 0.29) is 106 Å². The van der Waals surface area contributed by atoms with Gasteiger partial charge in [0.1, 0.15) is 12.2 Å². The first-order valence-electron chi connectivity index (χ1n) is 39.2. The van der Waals surface area contributed by atoms with Crippen LogP contribution in [0.3, 0.4) is 0 Å². The average Bonchev–Trinajstić information content (AvgIpc) is 1.59. The molecule has 6 N–H and O–H groups in total. The van der Waals surface area contributed by atoms with Gasteiger partial charge in [-0.2, -0.15) is 0 Å². The Morgan fingerprint density at radius 3 is 0.938 bits per heavy atom. The molecule has 6 aliphatic carbocycles. The Hall–Kier alpha value is -14.3. The number of ether oxygens (including phenoxy) is 18. The van der Waals surface area contributed by atoms with E-state index in [9.17, 15) is 146 Å². The van der Waals surface area contributed by atoms with Crippen LogP contribution in [0.1, 0.15) is 124 Å². The lowest BCUT2D eigenvalue weighted by Gasteiger charge is -2.35. The van der Waals surface area contributed by atoms with Gasteiger partial charge < -0.3 is 116 Å². The molecule has 6 heterocycles. The molecule has 48 heteroatoms. The Kier molecular flexibility index (Phi) is 34.5. The normalized spacial score (nSPS) is 29.8. The van der Waals surface area contributed by atoms with Gasteiger partial charge in [0.05, 0.1) is 47.3 Å². The molecule has 6 aliphatic heterocycles. The highest BCUT2D eigenvalue weighted by Crippen LogP contribution is 2.49. The first-order valence-corrected chi connectivity index (χ1v) is 39.2. The number of carbonyl (C=O) groups excluding carboxylic acids is 18. The first kappa shape index (κ1) is 102. The number of aliphatic carboxylic acids is 6. The monoisotopic (exact) mass is 1830 g/mol. The predicted molar refractivity (Wildman–Crippen MR) is 403 cm³/mol. The molecule has 12 rings (SSSR count). The van der Waals surface area contributed by atoms with Crippen LogP contribution in [0.25, 0.3) is 0 Å². The minimum Gasteiger partial charge on any atom is -0.481 e. The van der Waals surface area contributed by atoms with Crippen molar-refractivity contribution in [2.45, 2.75) is 195 Å². The van der Waals surface area contributed by atoms with E-state index in [0.29, 0.717) is 25.7 Å². The molecule has 12 fully saturated rings. The number of carboxylic acid groups (broad SMARTS) is 6.